The van der Waals surface area contributed by atoms with E-state index in [0.717, 1.165) is 56.1 Å². The van der Waals surface area contributed by atoms with Crippen molar-refractivity contribution in [2.75, 3.05) is 19.6 Å². The van der Waals surface area contributed by atoms with E-state index >= 15 is 0 Å². The van der Waals surface area contributed by atoms with E-state index in [1.165, 1.54) is 70.6 Å². The van der Waals surface area contributed by atoms with Gasteiger partial charge in [0.15, 0.2) is 0 Å². The van der Waals surface area contributed by atoms with Crippen LogP contribution < -0.4 is 11.1 Å². The molecule has 2 unspecified atom stereocenters. The molecule has 3 saturated carbocycles. The molecule has 0 radical (unpaired) electrons. The number of rotatable bonds is 6. The van der Waals surface area contributed by atoms with Crippen LogP contribution in [0.15, 0.2) is 0 Å². The van der Waals surface area contributed by atoms with Gasteiger partial charge in [0, 0.05) is 6.54 Å². The first-order valence-electron chi connectivity index (χ1n) is 10.8. The van der Waals surface area contributed by atoms with Crippen molar-refractivity contribution in [3.05, 3.63) is 0 Å². The fraction of sp³-hybridized carbons (Fsp3) is 1.00. The SMILES string of the molecule is NCC1CCCCC1C1CCC(CNCC2(O)CCCCC2)CC1. The van der Waals surface area contributed by atoms with Gasteiger partial charge in [0.05, 0.1) is 5.60 Å². The first-order valence-corrected chi connectivity index (χ1v) is 10.8. The van der Waals surface area contributed by atoms with E-state index in [1.807, 2.05) is 0 Å². The summed E-state index contributed by atoms with van der Waals surface area (Å²) in [5.74, 6) is 3.49. The number of aliphatic hydroxyl groups is 1. The lowest BCUT2D eigenvalue weighted by Gasteiger charge is -2.40. The van der Waals surface area contributed by atoms with Gasteiger partial charge >= 0.3 is 0 Å². The normalized spacial score (nSPS) is 37.2. The van der Waals surface area contributed by atoms with Crippen LogP contribution >= 0.6 is 0 Å². The third kappa shape index (κ3) is 4.95. The minimum atomic E-state index is -0.411. The average Bonchev–Trinajstić information content (AvgIpc) is 2.63. The fourth-order valence-electron chi connectivity index (χ4n) is 5.87. The van der Waals surface area contributed by atoms with Crippen molar-refractivity contribution in [3.63, 3.8) is 0 Å². The number of hydrogen-bond acceptors (Lipinski definition) is 3. The van der Waals surface area contributed by atoms with Gasteiger partial charge in [0.1, 0.15) is 0 Å². The van der Waals surface area contributed by atoms with E-state index in [-0.39, 0.29) is 0 Å². The van der Waals surface area contributed by atoms with Crippen LogP contribution in [0.25, 0.3) is 0 Å². The van der Waals surface area contributed by atoms with E-state index in [9.17, 15) is 5.11 Å². The van der Waals surface area contributed by atoms with E-state index < -0.39 is 5.60 Å². The van der Waals surface area contributed by atoms with Crippen molar-refractivity contribution >= 4 is 0 Å². The lowest BCUT2D eigenvalue weighted by Crippen LogP contribution is -2.44. The van der Waals surface area contributed by atoms with Gasteiger partial charge in [0.25, 0.3) is 0 Å². The Morgan fingerprint density at radius 3 is 2.29 bits per heavy atom. The minimum absolute atomic E-state index is 0.411. The first-order chi connectivity index (χ1) is 11.7. The zero-order chi connectivity index (χ0) is 16.8. The van der Waals surface area contributed by atoms with E-state index in [2.05, 4.69) is 5.32 Å². The summed E-state index contributed by atoms with van der Waals surface area (Å²) in [7, 11) is 0. The minimum Gasteiger partial charge on any atom is -0.389 e. The molecule has 24 heavy (non-hydrogen) atoms. The Morgan fingerprint density at radius 2 is 1.58 bits per heavy atom. The molecule has 0 amide bonds. The molecular formula is C21H40N2O. The van der Waals surface area contributed by atoms with Crippen LogP contribution in [0, 0.1) is 23.7 Å². The van der Waals surface area contributed by atoms with Gasteiger partial charge in [-0.25, -0.2) is 0 Å². The zero-order valence-corrected chi connectivity index (χ0v) is 15.6. The van der Waals surface area contributed by atoms with Crippen LogP contribution in [0.5, 0.6) is 0 Å². The lowest BCUT2D eigenvalue weighted by atomic mass is 9.66. The molecular weight excluding hydrogens is 296 g/mol. The summed E-state index contributed by atoms with van der Waals surface area (Å²) >= 11 is 0. The summed E-state index contributed by atoms with van der Waals surface area (Å²) in [4.78, 5) is 0. The maximum atomic E-state index is 10.6. The summed E-state index contributed by atoms with van der Waals surface area (Å²) in [6, 6.07) is 0. The maximum absolute atomic E-state index is 10.6. The quantitative estimate of drug-likeness (QED) is 0.690. The molecule has 3 heteroatoms. The van der Waals surface area contributed by atoms with Gasteiger partial charge < -0.3 is 16.2 Å². The number of hydrogen-bond donors (Lipinski definition) is 3. The van der Waals surface area contributed by atoms with Crippen molar-refractivity contribution in [1.82, 2.24) is 5.32 Å². The highest BCUT2D eigenvalue weighted by atomic mass is 16.3. The van der Waals surface area contributed by atoms with E-state index in [4.69, 9.17) is 5.73 Å². The van der Waals surface area contributed by atoms with Gasteiger partial charge in [-0.1, -0.05) is 32.1 Å². The van der Waals surface area contributed by atoms with Crippen LogP contribution in [-0.2, 0) is 0 Å². The molecule has 2 atom stereocenters. The Morgan fingerprint density at radius 1 is 0.875 bits per heavy atom. The largest absolute Gasteiger partial charge is 0.389 e. The molecule has 0 aromatic rings. The summed E-state index contributed by atoms with van der Waals surface area (Å²) in [6.07, 6.45) is 16.9. The molecule has 140 valence electrons. The molecule has 0 spiro atoms. The average molecular weight is 337 g/mol. The van der Waals surface area contributed by atoms with Gasteiger partial charge in [-0.15, -0.1) is 0 Å². The second-order valence-corrected chi connectivity index (χ2v) is 9.14. The van der Waals surface area contributed by atoms with Crippen molar-refractivity contribution in [2.24, 2.45) is 29.4 Å². The Labute approximate surface area is 149 Å². The number of nitrogens with one attached hydrogen (secondary N) is 1. The molecule has 3 fully saturated rings. The van der Waals surface area contributed by atoms with Gasteiger partial charge in [-0.3, -0.25) is 0 Å². The second kappa shape index (κ2) is 9.00. The highest BCUT2D eigenvalue weighted by Crippen LogP contribution is 2.42. The molecule has 0 heterocycles. The van der Waals surface area contributed by atoms with Crippen molar-refractivity contribution in [1.29, 1.82) is 0 Å². The van der Waals surface area contributed by atoms with Crippen LogP contribution in [0.4, 0.5) is 0 Å². The summed E-state index contributed by atoms with van der Waals surface area (Å²) in [5.41, 5.74) is 5.63. The van der Waals surface area contributed by atoms with E-state index in [0.29, 0.717) is 0 Å². The molecule has 0 bridgehead atoms. The van der Waals surface area contributed by atoms with Gasteiger partial charge in [0.2, 0.25) is 0 Å². The maximum Gasteiger partial charge on any atom is 0.0771 e. The molecule has 3 nitrogen and oxygen atoms in total. The first kappa shape index (κ1) is 18.7. The standard InChI is InChI=1S/C21H40N2O/c22-14-19-6-2-3-7-20(19)18-10-8-17(9-11-18)15-23-16-21(24)12-4-1-5-13-21/h17-20,23-24H,1-16,22H2. The lowest BCUT2D eigenvalue weighted by molar-refractivity contribution is 0.00363. The van der Waals surface area contributed by atoms with Crippen LogP contribution in [0.2, 0.25) is 0 Å². The van der Waals surface area contributed by atoms with Crippen molar-refractivity contribution in [3.8, 4) is 0 Å². The molecule has 0 aliphatic heterocycles. The Hall–Kier alpha value is -0.120. The van der Waals surface area contributed by atoms with Crippen LogP contribution in [0.1, 0.15) is 83.5 Å². The fourth-order valence-corrected chi connectivity index (χ4v) is 5.87. The van der Waals surface area contributed by atoms with Crippen molar-refractivity contribution < 1.29 is 5.11 Å². The zero-order valence-electron chi connectivity index (χ0n) is 15.6. The third-order valence-electron chi connectivity index (χ3n) is 7.44. The predicted octanol–water partition coefficient (Wildman–Crippen LogP) is 3.84. The molecule has 3 rings (SSSR count). The Balaban J connectivity index is 1.36. The Bertz CT molecular complexity index is 359. The van der Waals surface area contributed by atoms with Crippen LogP contribution in [0.3, 0.4) is 0 Å². The topological polar surface area (TPSA) is 58.3 Å². The molecule has 4 N–H and O–H groups in total. The predicted molar refractivity (Wildman–Crippen MR) is 101 cm³/mol. The monoisotopic (exact) mass is 336 g/mol. The van der Waals surface area contributed by atoms with Gasteiger partial charge in [-0.2, -0.15) is 0 Å². The third-order valence-corrected chi connectivity index (χ3v) is 7.44. The Kier molecular flexibility index (Phi) is 7.00. The summed E-state index contributed by atoms with van der Waals surface area (Å²) in [6.45, 7) is 2.83. The van der Waals surface area contributed by atoms with Crippen LogP contribution in [-0.4, -0.2) is 30.3 Å². The molecule has 0 aromatic carbocycles. The van der Waals surface area contributed by atoms with Gasteiger partial charge in [-0.05, 0) is 88.1 Å². The molecule has 3 aliphatic carbocycles. The molecule has 0 saturated heterocycles. The summed E-state index contributed by atoms with van der Waals surface area (Å²) in [5, 5.41) is 14.2. The molecule has 0 aromatic heterocycles. The van der Waals surface area contributed by atoms with Crippen molar-refractivity contribution in [2.45, 2.75) is 89.1 Å². The summed E-state index contributed by atoms with van der Waals surface area (Å²) < 4.78 is 0. The number of nitrogens with two attached hydrogens (primary N) is 1. The highest BCUT2D eigenvalue weighted by molar-refractivity contribution is 4.87. The van der Waals surface area contributed by atoms with E-state index in [1.54, 1.807) is 0 Å². The highest BCUT2D eigenvalue weighted by Gasteiger charge is 2.34. The smallest absolute Gasteiger partial charge is 0.0771 e. The second-order valence-electron chi connectivity index (χ2n) is 9.14. The molecule has 3 aliphatic rings.